The van der Waals surface area contributed by atoms with E-state index in [0.717, 1.165) is 54.9 Å². The minimum atomic E-state index is 0.454. The molecule has 0 spiro atoms. The van der Waals surface area contributed by atoms with Gasteiger partial charge in [-0.05, 0) is 25.0 Å². The van der Waals surface area contributed by atoms with E-state index in [1.165, 1.54) is 11.3 Å². The molecule has 0 saturated carbocycles. The van der Waals surface area contributed by atoms with E-state index in [2.05, 4.69) is 68.9 Å². The van der Waals surface area contributed by atoms with E-state index in [4.69, 9.17) is 9.97 Å². The van der Waals surface area contributed by atoms with Crippen molar-refractivity contribution in [1.29, 1.82) is 0 Å². The van der Waals surface area contributed by atoms with Gasteiger partial charge in [-0.2, -0.15) is 14.6 Å². The number of hydrogen-bond acceptors (Lipinski definition) is 5. The van der Waals surface area contributed by atoms with Crippen LogP contribution in [-0.4, -0.2) is 42.2 Å². The first-order valence-corrected chi connectivity index (χ1v) is 11.3. The molecule has 160 valence electrons. The summed E-state index contributed by atoms with van der Waals surface area (Å²) in [6.07, 6.45) is 4.65. The SMILES string of the molecule is CCc1nc2ccccc2n1C1CCN(c2cc(-c3ccccc3)nc3ncnn23)CC1. The third-order valence-electron chi connectivity index (χ3n) is 6.44. The highest BCUT2D eigenvalue weighted by atomic mass is 15.4. The number of benzene rings is 2. The molecule has 1 fully saturated rings. The maximum Gasteiger partial charge on any atom is 0.254 e. The van der Waals surface area contributed by atoms with Crippen molar-refractivity contribution in [2.75, 3.05) is 18.0 Å². The molecule has 0 bridgehead atoms. The summed E-state index contributed by atoms with van der Waals surface area (Å²) >= 11 is 0. The highest BCUT2D eigenvalue weighted by Gasteiger charge is 2.26. The Morgan fingerprint density at radius 2 is 1.72 bits per heavy atom. The highest BCUT2D eigenvalue weighted by molar-refractivity contribution is 5.76. The Morgan fingerprint density at radius 3 is 2.53 bits per heavy atom. The number of hydrogen-bond donors (Lipinski definition) is 0. The third-order valence-corrected chi connectivity index (χ3v) is 6.44. The molecule has 0 N–H and O–H groups in total. The van der Waals surface area contributed by atoms with E-state index in [1.54, 1.807) is 6.33 Å². The predicted molar refractivity (Wildman–Crippen MR) is 126 cm³/mol. The molecule has 0 unspecified atom stereocenters. The van der Waals surface area contributed by atoms with Crippen LogP contribution in [0, 0.1) is 0 Å². The number of fused-ring (bicyclic) bond motifs is 2. The lowest BCUT2D eigenvalue weighted by Crippen LogP contribution is -2.36. The van der Waals surface area contributed by atoms with Crippen LogP contribution in [0.2, 0.25) is 0 Å². The van der Waals surface area contributed by atoms with Crippen LogP contribution in [0.15, 0.2) is 67.0 Å². The van der Waals surface area contributed by atoms with Gasteiger partial charge in [0.2, 0.25) is 0 Å². The highest BCUT2D eigenvalue weighted by Crippen LogP contribution is 2.32. The number of anilines is 1. The molecule has 4 heterocycles. The van der Waals surface area contributed by atoms with Gasteiger partial charge >= 0.3 is 0 Å². The van der Waals surface area contributed by atoms with Crippen molar-refractivity contribution < 1.29 is 0 Å². The fourth-order valence-electron chi connectivity index (χ4n) is 4.88. The minimum absolute atomic E-state index is 0.454. The number of rotatable bonds is 4. The third kappa shape index (κ3) is 3.12. The van der Waals surface area contributed by atoms with Crippen molar-refractivity contribution in [3.63, 3.8) is 0 Å². The van der Waals surface area contributed by atoms with Crippen molar-refractivity contribution in [3.05, 3.63) is 72.8 Å². The maximum atomic E-state index is 4.88. The molecule has 0 aliphatic carbocycles. The molecule has 1 aliphatic heterocycles. The topological polar surface area (TPSA) is 64.1 Å². The second-order valence-corrected chi connectivity index (χ2v) is 8.30. The Bertz CT molecular complexity index is 1380. The zero-order chi connectivity index (χ0) is 21.5. The minimum Gasteiger partial charge on any atom is -0.356 e. The molecule has 1 aliphatic rings. The van der Waals surface area contributed by atoms with E-state index in [1.807, 2.05) is 22.7 Å². The fourth-order valence-corrected chi connectivity index (χ4v) is 4.88. The smallest absolute Gasteiger partial charge is 0.254 e. The van der Waals surface area contributed by atoms with E-state index in [9.17, 15) is 0 Å². The van der Waals surface area contributed by atoms with Crippen molar-refractivity contribution in [3.8, 4) is 11.3 Å². The van der Waals surface area contributed by atoms with E-state index in [-0.39, 0.29) is 0 Å². The average Bonchev–Trinajstić information content (AvgIpc) is 3.48. The molecule has 0 atom stereocenters. The van der Waals surface area contributed by atoms with Gasteiger partial charge in [-0.25, -0.2) is 9.97 Å². The standard InChI is InChI=1S/C25H25N7/c1-2-23-28-20-10-6-7-11-22(20)31(23)19-12-14-30(15-13-19)24-16-21(18-8-4-3-5-9-18)29-25-26-17-27-32(24)25/h3-11,16-17,19H,2,12-15H2,1H3. The van der Waals surface area contributed by atoms with E-state index < -0.39 is 0 Å². The Morgan fingerprint density at radius 1 is 0.938 bits per heavy atom. The molecule has 7 nitrogen and oxygen atoms in total. The summed E-state index contributed by atoms with van der Waals surface area (Å²) in [5.74, 6) is 2.87. The largest absolute Gasteiger partial charge is 0.356 e. The van der Waals surface area contributed by atoms with Crippen LogP contribution in [0.1, 0.15) is 31.6 Å². The molecule has 7 heteroatoms. The maximum absolute atomic E-state index is 4.88. The summed E-state index contributed by atoms with van der Waals surface area (Å²) in [5.41, 5.74) is 4.36. The Balaban J connectivity index is 1.32. The molecular formula is C25H25N7. The molecule has 5 aromatic rings. The van der Waals surface area contributed by atoms with Gasteiger partial charge in [-0.15, -0.1) is 0 Å². The molecule has 1 saturated heterocycles. The lowest BCUT2D eigenvalue weighted by Gasteiger charge is -2.35. The molecule has 0 amide bonds. The van der Waals surface area contributed by atoms with E-state index in [0.29, 0.717) is 11.8 Å². The number of para-hydroxylation sites is 2. The monoisotopic (exact) mass is 423 g/mol. The normalized spacial score (nSPS) is 15.1. The number of piperidine rings is 1. The Hall–Kier alpha value is -3.74. The predicted octanol–water partition coefficient (Wildman–Crippen LogP) is 4.54. The van der Waals surface area contributed by atoms with Crippen LogP contribution in [0.25, 0.3) is 28.1 Å². The number of aromatic nitrogens is 6. The summed E-state index contributed by atoms with van der Waals surface area (Å²) in [4.78, 5) is 16.4. The van der Waals surface area contributed by atoms with Gasteiger partial charge in [0.1, 0.15) is 18.0 Å². The lowest BCUT2D eigenvalue weighted by molar-refractivity contribution is 0.393. The van der Waals surface area contributed by atoms with Gasteiger partial charge in [-0.3, -0.25) is 0 Å². The zero-order valence-electron chi connectivity index (χ0n) is 18.1. The Labute approximate surface area is 186 Å². The summed E-state index contributed by atoms with van der Waals surface area (Å²) in [5, 5.41) is 4.45. The molecule has 32 heavy (non-hydrogen) atoms. The van der Waals surface area contributed by atoms with Gasteiger partial charge in [0.05, 0.1) is 16.7 Å². The average molecular weight is 424 g/mol. The van der Waals surface area contributed by atoms with Crippen molar-refractivity contribution in [1.82, 2.24) is 29.1 Å². The van der Waals surface area contributed by atoms with E-state index >= 15 is 0 Å². The number of aryl methyl sites for hydroxylation is 1. The van der Waals surface area contributed by atoms with Crippen LogP contribution in [0.5, 0.6) is 0 Å². The number of imidazole rings is 1. The van der Waals surface area contributed by atoms with Gasteiger partial charge in [0.15, 0.2) is 0 Å². The summed E-state index contributed by atoms with van der Waals surface area (Å²) in [6, 6.07) is 21.4. The lowest BCUT2D eigenvalue weighted by atomic mass is 10.0. The molecule has 3 aromatic heterocycles. The van der Waals surface area contributed by atoms with Gasteiger partial charge in [0, 0.05) is 37.2 Å². The van der Waals surface area contributed by atoms with Gasteiger partial charge in [0.25, 0.3) is 5.78 Å². The molecule has 2 aromatic carbocycles. The van der Waals surface area contributed by atoms with Crippen LogP contribution in [-0.2, 0) is 6.42 Å². The summed E-state index contributed by atoms with van der Waals surface area (Å²) in [7, 11) is 0. The molecule has 0 radical (unpaired) electrons. The second kappa shape index (κ2) is 7.75. The summed E-state index contributed by atoms with van der Waals surface area (Å²) < 4.78 is 4.33. The van der Waals surface area contributed by atoms with Crippen molar-refractivity contribution in [2.45, 2.75) is 32.2 Å². The first-order valence-electron chi connectivity index (χ1n) is 11.3. The van der Waals surface area contributed by atoms with Crippen LogP contribution < -0.4 is 4.90 Å². The summed E-state index contributed by atoms with van der Waals surface area (Å²) in [6.45, 7) is 4.09. The van der Waals surface area contributed by atoms with Gasteiger partial charge in [-0.1, -0.05) is 49.4 Å². The number of nitrogens with zero attached hydrogens (tertiary/aromatic N) is 7. The first-order chi connectivity index (χ1) is 15.8. The van der Waals surface area contributed by atoms with Crippen molar-refractivity contribution in [2.24, 2.45) is 0 Å². The van der Waals surface area contributed by atoms with Crippen molar-refractivity contribution >= 4 is 22.6 Å². The quantitative estimate of drug-likeness (QED) is 0.424. The van der Waals surface area contributed by atoms with Crippen LogP contribution >= 0.6 is 0 Å². The Kier molecular flexibility index (Phi) is 4.60. The van der Waals surface area contributed by atoms with Crippen LogP contribution in [0.3, 0.4) is 0 Å². The van der Waals surface area contributed by atoms with Gasteiger partial charge < -0.3 is 9.47 Å². The second-order valence-electron chi connectivity index (χ2n) is 8.30. The zero-order valence-corrected chi connectivity index (χ0v) is 18.1. The fraction of sp³-hybridized carbons (Fsp3) is 0.280. The van der Waals surface area contributed by atoms with Crippen LogP contribution in [0.4, 0.5) is 5.82 Å². The molecular weight excluding hydrogens is 398 g/mol. The molecule has 6 rings (SSSR count). The first kappa shape index (κ1) is 19.0.